The van der Waals surface area contributed by atoms with Gasteiger partial charge >= 0.3 is 13.1 Å². The molecule has 0 spiro atoms. The summed E-state index contributed by atoms with van der Waals surface area (Å²) in [7, 11) is -1.77. The molecular formula is C25H34BF2N5O4. The number of nitriles is 1. The number of urea groups is 1. The monoisotopic (exact) mass is 517 g/mol. The molecule has 4 N–H and O–H groups in total. The van der Waals surface area contributed by atoms with Crippen LogP contribution >= 0.6 is 0 Å². The van der Waals surface area contributed by atoms with E-state index in [4.69, 9.17) is 0 Å². The molecule has 1 aromatic rings. The average molecular weight is 517 g/mol. The third-order valence-corrected chi connectivity index (χ3v) is 6.85. The molecule has 2 fully saturated rings. The van der Waals surface area contributed by atoms with Crippen LogP contribution in [0.4, 0.5) is 13.6 Å². The Labute approximate surface area is 216 Å². The Morgan fingerprint density at radius 1 is 1.30 bits per heavy atom. The van der Waals surface area contributed by atoms with Crippen molar-refractivity contribution in [3.05, 3.63) is 47.5 Å². The number of nitrogens with one attached hydrogen (secondary N) is 2. The molecule has 2 aliphatic heterocycles. The third-order valence-electron chi connectivity index (χ3n) is 6.85. The second kappa shape index (κ2) is 12.0. The number of amides is 3. The van der Waals surface area contributed by atoms with Gasteiger partial charge in [0.05, 0.1) is 12.5 Å². The second-order valence-corrected chi connectivity index (χ2v) is 10.3. The van der Waals surface area contributed by atoms with Crippen molar-refractivity contribution in [1.82, 2.24) is 20.4 Å². The first kappa shape index (κ1) is 28.6. The minimum Gasteiger partial charge on any atom is -0.426 e. The summed E-state index contributed by atoms with van der Waals surface area (Å²) in [5.41, 5.74) is -0.212. The SMILES string of the molecule is CC(C)(C=C(C#N)C(=O)N1CCC[C@H](NC(=O)NC(Cc2ccccc2)B(O)O)C1)N1CCC(F)(F)C1. The minimum absolute atomic E-state index is 0.128. The molecule has 3 amide bonds. The van der Waals surface area contributed by atoms with E-state index >= 15 is 0 Å². The lowest BCUT2D eigenvalue weighted by Crippen LogP contribution is -2.56. The summed E-state index contributed by atoms with van der Waals surface area (Å²) in [5, 5.41) is 34.4. The van der Waals surface area contributed by atoms with Gasteiger partial charge in [0.15, 0.2) is 0 Å². The predicted molar refractivity (Wildman–Crippen MR) is 134 cm³/mol. The van der Waals surface area contributed by atoms with E-state index in [9.17, 15) is 33.7 Å². The zero-order valence-corrected chi connectivity index (χ0v) is 21.2. The normalized spacial score (nSPS) is 21.2. The summed E-state index contributed by atoms with van der Waals surface area (Å²) in [5.74, 6) is -4.24. The fourth-order valence-electron chi connectivity index (χ4n) is 4.76. The first-order chi connectivity index (χ1) is 17.4. The molecule has 1 unspecified atom stereocenters. The predicted octanol–water partition coefficient (Wildman–Crippen LogP) is 1.47. The van der Waals surface area contributed by atoms with Crippen LogP contribution in [0.2, 0.25) is 0 Å². The molecule has 9 nitrogen and oxygen atoms in total. The van der Waals surface area contributed by atoms with Crippen molar-refractivity contribution >= 4 is 19.1 Å². The number of hydrogen-bond acceptors (Lipinski definition) is 6. The highest BCUT2D eigenvalue weighted by atomic mass is 19.3. The van der Waals surface area contributed by atoms with Crippen molar-refractivity contribution in [3.63, 3.8) is 0 Å². The zero-order valence-electron chi connectivity index (χ0n) is 21.2. The fourth-order valence-corrected chi connectivity index (χ4v) is 4.76. The summed E-state index contributed by atoms with van der Waals surface area (Å²) in [6.07, 6.45) is 2.59. The number of carbonyl (C=O) groups is 2. The van der Waals surface area contributed by atoms with Crippen molar-refractivity contribution in [2.24, 2.45) is 0 Å². The lowest BCUT2D eigenvalue weighted by Gasteiger charge is -2.35. The fraction of sp³-hybridized carbons (Fsp3) is 0.560. The number of alkyl halides is 2. The molecule has 3 rings (SSSR count). The number of nitrogens with zero attached hydrogens (tertiary/aromatic N) is 3. The molecule has 200 valence electrons. The maximum Gasteiger partial charge on any atom is 0.475 e. The van der Waals surface area contributed by atoms with Gasteiger partial charge < -0.3 is 25.6 Å². The highest BCUT2D eigenvalue weighted by Gasteiger charge is 2.43. The summed E-state index contributed by atoms with van der Waals surface area (Å²) in [6, 6.07) is 10.0. The van der Waals surface area contributed by atoms with Crippen LogP contribution in [0.3, 0.4) is 0 Å². The molecule has 0 saturated carbocycles. The zero-order chi connectivity index (χ0) is 27.2. The molecule has 1 aromatic carbocycles. The van der Waals surface area contributed by atoms with Crippen molar-refractivity contribution in [2.45, 2.75) is 63.0 Å². The number of rotatable bonds is 8. The largest absolute Gasteiger partial charge is 0.475 e. The van der Waals surface area contributed by atoms with Gasteiger partial charge in [-0.2, -0.15) is 5.26 Å². The molecule has 2 atom stereocenters. The minimum atomic E-state index is -2.79. The Balaban J connectivity index is 1.59. The summed E-state index contributed by atoms with van der Waals surface area (Å²) in [6.45, 7) is 3.70. The Morgan fingerprint density at radius 2 is 2.00 bits per heavy atom. The van der Waals surface area contributed by atoms with E-state index in [2.05, 4.69) is 10.6 Å². The van der Waals surface area contributed by atoms with Crippen molar-refractivity contribution in [2.75, 3.05) is 26.2 Å². The number of halogens is 2. The van der Waals surface area contributed by atoms with Crippen molar-refractivity contribution in [1.29, 1.82) is 5.26 Å². The van der Waals surface area contributed by atoms with Gasteiger partial charge in [-0.15, -0.1) is 0 Å². The number of likely N-dealkylation sites (tertiary alicyclic amines) is 2. The van der Waals surface area contributed by atoms with Gasteiger partial charge in [0, 0.05) is 37.6 Å². The molecular weight excluding hydrogens is 483 g/mol. The van der Waals surface area contributed by atoms with Crippen LogP contribution in [0, 0.1) is 11.3 Å². The van der Waals surface area contributed by atoms with E-state index in [1.54, 1.807) is 18.7 Å². The van der Waals surface area contributed by atoms with Gasteiger partial charge in [-0.1, -0.05) is 30.3 Å². The molecule has 0 aromatic heterocycles. The smallest absolute Gasteiger partial charge is 0.426 e. The molecule has 0 radical (unpaired) electrons. The maximum atomic E-state index is 13.7. The van der Waals surface area contributed by atoms with E-state index in [1.807, 2.05) is 36.4 Å². The Hall–Kier alpha value is -3.01. The van der Waals surface area contributed by atoms with Crippen LogP contribution in [-0.4, -0.2) is 88.5 Å². The van der Waals surface area contributed by atoms with Gasteiger partial charge in [-0.3, -0.25) is 9.69 Å². The van der Waals surface area contributed by atoms with E-state index in [0.29, 0.717) is 19.4 Å². The van der Waals surface area contributed by atoms with Gasteiger partial charge in [0.1, 0.15) is 11.6 Å². The molecule has 2 saturated heterocycles. The molecule has 0 aliphatic carbocycles. The van der Waals surface area contributed by atoms with E-state index in [1.165, 1.54) is 11.0 Å². The van der Waals surface area contributed by atoms with E-state index in [-0.39, 0.29) is 31.5 Å². The lowest BCUT2D eigenvalue weighted by atomic mass is 9.76. The lowest BCUT2D eigenvalue weighted by molar-refractivity contribution is -0.128. The highest BCUT2D eigenvalue weighted by Crippen LogP contribution is 2.33. The number of benzene rings is 1. The van der Waals surface area contributed by atoms with Gasteiger partial charge in [-0.05, 0) is 44.7 Å². The number of carbonyl (C=O) groups excluding carboxylic acids is 2. The Bertz CT molecular complexity index is 1030. The standard InChI is InChI=1S/C25H34BF2N5O4/c1-24(2,33-12-10-25(27,28)17-33)14-19(15-29)22(34)32-11-6-9-20(16-32)30-23(35)31-21(26(36)37)13-18-7-4-3-5-8-18/h3-5,7-8,14,20-21,36-37H,6,9-13,16-17H2,1-2H3,(H2,30,31,35)/t20-,21?/m0/s1. The van der Waals surface area contributed by atoms with Crippen LogP contribution in [0.25, 0.3) is 0 Å². The summed E-state index contributed by atoms with van der Waals surface area (Å²) < 4.78 is 27.4. The van der Waals surface area contributed by atoms with Crippen LogP contribution in [0.15, 0.2) is 42.0 Å². The van der Waals surface area contributed by atoms with Crippen LogP contribution < -0.4 is 10.6 Å². The molecule has 37 heavy (non-hydrogen) atoms. The Kier molecular flexibility index (Phi) is 9.28. The quantitative estimate of drug-likeness (QED) is 0.235. The topological polar surface area (TPSA) is 129 Å². The summed E-state index contributed by atoms with van der Waals surface area (Å²) >= 11 is 0. The van der Waals surface area contributed by atoms with Crippen LogP contribution in [0.1, 0.15) is 38.7 Å². The molecule has 2 aliphatic rings. The van der Waals surface area contributed by atoms with Gasteiger partial charge in [0.2, 0.25) is 0 Å². The molecule has 12 heteroatoms. The maximum absolute atomic E-state index is 13.7. The third kappa shape index (κ3) is 7.99. The van der Waals surface area contributed by atoms with E-state index < -0.39 is 49.0 Å². The van der Waals surface area contributed by atoms with Crippen molar-refractivity contribution < 1.29 is 28.4 Å². The highest BCUT2D eigenvalue weighted by molar-refractivity contribution is 6.43. The Morgan fingerprint density at radius 3 is 2.59 bits per heavy atom. The average Bonchev–Trinajstić information content (AvgIpc) is 3.23. The van der Waals surface area contributed by atoms with Crippen LogP contribution in [-0.2, 0) is 11.2 Å². The summed E-state index contributed by atoms with van der Waals surface area (Å²) in [4.78, 5) is 28.7. The van der Waals surface area contributed by atoms with Crippen molar-refractivity contribution in [3.8, 4) is 6.07 Å². The van der Waals surface area contributed by atoms with Gasteiger partial charge in [-0.25, -0.2) is 13.6 Å². The molecule has 2 heterocycles. The first-order valence-corrected chi connectivity index (χ1v) is 12.4. The number of hydrogen-bond donors (Lipinski definition) is 4. The van der Waals surface area contributed by atoms with Gasteiger partial charge in [0.25, 0.3) is 11.8 Å². The molecule has 0 bridgehead atoms. The van der Waals surface area contributed by atoms with Crippen LogP contribution in [0.5, 0.6) is 0 Å². The van der Waals surface area contributed by atoms with E-state index in [0.717, 1.165) is 5.56 Å². The second-order valence-electron chi connectivity index (χ2n) is 10.3. The first-order valence-electron chi connectivity index (χ1n) is 12.4. The number of piperidine rings is 1.